The Hall–Kier alpha value is -1.48. The van der Waals surface area contributed by atoms with E-state index in [1.165, 1.54) is 0 Å². The van der Waals surface area contributed by atoms with E-state index in [9.17, 15) is 35.9 Å². The maximum Gasteiger partial charge on any atom is 0.471 e. The monoisotopic (exact) mass is 293 g/mol. The van der Waals surface area contributed by atoms with Crippen LogP contribution in [0, 0.1) is 11.8 Å². The van der Waals surface area contributed by atoms with Gasteiger partial charge in [0.1, 0.15) is 0 Å². The van der Waals surface area contributed by atoms with Crippen molar-refractivity contribution in [1.82, 2.24) is 4.90 Å². The number of carboxylic acid groups (broad SMARTS) is 1. The smallest absolute Gasteiger partial charge is 0.471 e. The summed E-state index contributed by atoms with van der Waals surface area (Å²) in [4.78, 5) is 21.5. The summed E-state index contributed by atoms with van der Waals surface area (Å²) in [6.45, 7) is -2.05. The Bertz CT molecular complexity index is 377. The summed E-state index contributed by atoms with van der Waals surface area (Å²) in [5.74, 6) is -8.04. The van der Waals surface area contributed by atoms with Gasteiger partial charge in [0.15, 0.2) is 0 Å². The topological polar surface area (TPSA) is 57.6 Å². The molecule has 10 heteroatoms. The van der Waals surface area contributed by atoms with Gasteiger partial charge in [-0.1, -0.05) is 0 Å². The summed E-state index contributed by atoms with van der Waals surface area (Å²) in [7, 11) is 0. The third-order valence-corrected chi connectivity index (χ3v) is 2.79. The molecule has 0 aromatic rings. The lowest BCUT2D eigenvalue weighted by Gasteiger charge is -2.37. The van der Waals surface area contributed by atoms with E-state index in [1.54, 1.807) is 0 Å². The minimum absolute atomic E-state index is 0.0968. The molecule has 0 aromatic carbocycles. The van der Waals surface area contributed by atoms with Gasteiger partial charge in [0.25, 0.3) is 0 Å². The number of hydrogen-bond acceptors (Lipinski definition) is 2. The first kappa shape index (κ1) is 15.6. The van der Waals surface area contributed by atoms with E-state index in [2.05, 4.69) is 0 Å². The van der Waals surface area contributed by atoms with Gasteiger partial charge in [0, 0.05) is 13.1 Å². The molecule has 1 fully saturated rings. The van der Waals surface area contributed by atoms with Crippen molar-refractivity contribution in [3.05, 3.63) is 0 Å². The second kappa shape index (κ2) is 4.89. The summed E-state index contributed by atoms with van der Waals surface area (Å²) < 4.78 is 74.0. The Morgan fingerprint density at radius 1 is 1.05 bits per heavy atom. The third-order valence-electron chi connectivity index (χ3n) is 2.79. The highest BCUT2D eigenvalue weighted by molar-refractivity contribution is 5.82. The Morgan fingerprint density at radius 2 is 1.58 bits per heavy atom. The molecule has 1 heterocycles. The van der Waals surface area contributed by atoms with Crippen LogP contribution in [0.3, 0.4) is 0 Å². The van der Waals surface area contributed by atoms with Crippen LogP contribution in [0.1, 0.15) is 6.42 Å². The number of halogens is 6. The number of hydrogen-bond donors (Lipinski definition) is 1. The minimum atomic E-state index is -5.32. The fourth-order valence-electron chi connectivity index (χ4n) is 1.86. The number of carbonyl (C=O) groups is 2. The molecule has 1 aliphatic rings. The van der Waals surface area contributed by atoms with E-state index in [1.807, 2.05) is 0 Å². The molecule has 1 N–H and O–H groups in total. The predicted octanol–water partition coefficient (Wildman–Crippen LogP) is 1.66. The number of rotatable bonds is 1. The van der Waals surface area contributed by atoms with E-state index in [0.717, 1.165) is 0 Å². The van der Waals surface area contributed by atoms with E-state index in [0.29, 0.717) is 0 Å². The summed E-state index contributed by atoms with van der Waals surface area (Å²) in [5.41, 5.74) is 0. The fraction of sp³-hybridized carbons (Fsp3) is 0.778. The molecule has 110 valence electrons. The second-order valence-electron chi connectivity index (χ2n) is 4.22. The van der Waals surface area contributed by atoms with Crippen LogP contribution in [-0.4, -0.2) is 47.3 Å². The Labute approximate surface area is 103 Å². The number of carbonyl (C=O) groups excluding carboxylic acids is 1. The molecule has 2 atom stereocenters. The first-order valence-electron chi connectivity index (χ1n) is 5.08. The molecule has 0 saturated carbocycles. The summed E-state index contributed by atoms with van der Waals surface area (Å²) in [6.07, 6.45) is -11.0. The number of aliphatic carboxylic acids is 1. The SMILES string of the molecule is O=C(O)C1CC(C(F)(F)F)CN(C(=O)C(F)(F)F)C1. The summed E-state index contributed by atoms with van der Waals surface area (Å²) in [6, 6.07) is 0. The van der Waals surface area contributed by atoms with Crippen LogP contribution in [0.25, 0.3) is 0 Å². The van der Waals surface area contributed by atoms with Gasteiger partial charge in [0.05, 0.1) is 11.8 Å². The average Bonchev–Trinajstić information content (AvgIpc) is 2.24. The summed E-state index contributed by atoms with van der Waals surface area (Å²) in [5, 5.41) is 8.64. The van der Waals surface area contributed by atoms with E-state index >= 15 is 0 Å². The molecule has 0 aliphatic carbocycles. The largest absolute Gasteiger partial charge is 0.481 e. The quantitative estimate of drug-likeness (QED) is 0.748. The normalized spacial score (nSPS) is 25.3. The summed E-state index contributed by atoms with van der Waals surface area (Å²) >= 11 is 0. The maximum atomic E-state index is 12.5. The van der Waals surface area contributed by atoms with Crippen molar-refractivity contribution in [1.29, 1.82) is 0 Å². The van der Waals surface area contributed by atoms with Gasteiger partial charge in [-0.3, -0.25) is 9.59 Å². The van der Waals surface area contributed by atoms with Crippen molar-refractivity contribution in [2.45, 2.75) is 18.8 Å². The van der Waals surface area contributed by atoms with Gasteiger partial charge in [-0.25, -0.2) is 0 Å². The zero-order chi connectivity index (χ0) is 15.0. The molecule has 0 radical (unpaired) electrons. The molecule has 0 spiro atoms. The van der Waals surface area contributed by atoms with E-state index < -0.39 is 55.6 Å². The third kappa shape index (κ3) is 3.74. The minimum Gasteiger partial charge on any atom is -0.481 e. The Balaban J connectivity index is 2.94. The molecule has 1 aliphatic heterocycles. The highest BCUT2D eigenvalue weighted by Gasteiger charge is 2.51. The van der Waals surface area contributed by atoms with Crippen molar-refractivity contribution in [2.24, 2.45) is 11.8 Å². The van der Waals surface area contributed by atoms with E-state index in [-0.39, 0.29) is 4.90 Å². The van der Waals surface area contributed by atoms with Crippen molar-refractivity contribution >= 4 is 11.9 Å². The Morgan fingerprint density at radius 3 is 1.95 bits per heavy atom. The highest BCUT2D eigenvalue weighted by Crippen LogP contribution is 2.36. The number of alkyl halides is 6. The molecule has 1 amide bonds. The number of piperidine rings is 1. The fourth-order valence-corrected chi connectivity index (χ4v) is 1.86. The molecule has 4 nitrogen and oxygen atoms in total. The van der Waals surface area contributed by atoms with E-state index in [4.69, 9.17) is 5.11 Å². The molecular weight excluding hydrogens is 284 g/mol. The van der Waals surface area contributed by atoms with Gasteiger partial charge >= 0.3 is 24.2 Å². The van der Waals surface area contributed by atoms with Crippen LogP contribution in [0.5, 0.6) is 0 Å². The maximum absolute atomic E-state index is 12.5. The van der Waals surface area contributed by atoms with Crippen molar-refractivity contribution in [3.63, 3.8) is 0 Å². The molecule has 0 aromatic heterocycles. The Kier molecular flexibility index (Phi) is 4.01. The average molecular weight is 293 g/mol. The van der Waals surface area contributed by atoms with Crippen LogP contribution in [0.15, 0.2) is 0 Å². The molecule has 19 heavy (non-hydrogen) atoms. The van der Waals surface area contributed by atoms with Crippen LogP contribution in [0.2, 0.25) is 0 Å². The molecule has 1 rings (SSSR count). The lowest BCUT2D eigenvalue weighted by molar-refractivity contribution is -0.208. The first-order chi connectivity index (χ1) is 8.43. The lowest BCUT2D eigenvalue weighted by atomic mass is 9.88. The number of carboxylic acids is 1. The van der Waals surface area contributed by atoms with Crippen molar-refractivity contribution in [2.75, 3.05) is 13.1 Å². The van der Waals surface area contributed by atoms with Crippen molar-refractivity contribution in [3.8, 4) is 0 Å². The molecular formula is C9H9F6NO3. The van der Waals surface area contributed by atoms with Crippen molar-refractivity contribution < 1.29 is 41.0 Å². The first-order valence-corrected chi connectivity index (χ1v) is 5.08. The molecule has 2 unspecified atom stereocenters. The highest BCUT2D eigenvalue weighted by atomic mass is 19.4. The zero-order valence-electron chi connectivity index (χ0n) is 9.25. The lowest BCUT2D eigenvalue weighted by Crippen LogP contribution is -2.53. The molecule has 1 saturated heterocycles. The molecule has 0 bridgehead atoms. The number of nitrogens with zero attached hydrogens (tertiary/aromatic N) is 1. The number of amides is 1. The van der Waals surface area contributed by atoms with Gasteiger partial charge in [-0.05, 0) is 6.42 Å². The van der Waals surface area contributed by atoms with Crippen LogP contribution >= 0.6 is 0 Å². The standard InChI is InChI=1S/C9H9F6NO3/c10-8(11,12)5-1-4(6(17)18)2-16(3-5)7(19)9(13,14)15/h4-5H,1-3H2,(H,17,18). The zero-order valence-corrected chi connectivity index (χ0v) is 9.25. The van der Waals surface area contributed by atoms with Crippen LogP contribution in [0.4, 0.5) is 26.3 Å². The van der Waals surface area contributed by atoms with Gasteiger partial charge < -0.3 is 10.0 Å². The second-order valence-corrected chi connectivity index (χ2v) is 4.22. The van der Waals surface area contributed by atoms with Crippen LogP contribution < -0.4 is 0 Å². The van der Waals surface area contributed by atoms with Crippen LogP contribution in [-0.2, 0) is 9.59 Å². The van der Waals surface area contributed by atoms with Gasteiger partial charge in [-0.15, -0.1) is 0 Å². The van der Waals surface area contributed by atoms with Gasteiger partial charge in [-0.2, -0.15) is 26.3 Å². The predicted molar refractivity (Wildman–Crippen MR) is 47.9 cm³/mol. The number of likely N-dealkylation sites (tertiary alicyclic amines) is 1. The van der Waals surface area contributed by atoms with Gasteiger partial charge in [0.2, 0.25) is 0 Å².